The number of rotatable bonds is 3. The van der Waals surface area contributed by atoms with Crippen LogP contribution in [-0.4, -0.2) is 59.7 Å². The van der Waals surface area contributed by atoms with Gasteiger partial charge in [0.15, 0.2) is 0 Å². The topological polar surface area (TPSA) is 53.5 Å². The van der Waals surface area contributed by atoms with Gasteiger partial charge in [0.2, 0.25) is 0 Å². The standard InChI is InChI=1S/C16H21N3O2/c1-18(2)14-12-5-6-13(14)10-19(9-12)16(21)15(20)11-4-3-7-17-8-11/h3-4,7-8,12-14H,5-6,9-10H2,1-2H3/t12-,13+,14?. The lowest BCUT2D eigenvalue weighted by Crippen LogP contribution is -2.53. The first-order chi connectivity index (χ1) is 10.1. The zero-order valence-corrected chi connectivity index (χ0v) is 12.5. The van der Waals surface area contributed by atoms with E-state index >= 15 is 0 Å². The van der Waals surface area contributed by atoms with Crippen molar-refractivity contribution in [3.63, 3.8) is 0 Å². The molecule has 2 heterocycles. The van der Waals surface area contributed by atoms with E-state index in [1.807, 2.05) is 0 Å². The van der Waals surface area contributed by atoms with E-state index in [0.717, 1.165) is 12.8 Å². The number of aromatic nitrogens is 1. The van der Waals surface area contributed by atoms with Crippen molar-refractivity contribution in [1.82, 2.24) is 14.8 Å². The fraction of sp³-hybridized carbons (Fsp3) is 0.562. The monoisotopic (exact) mass is 287 g/mol. The average Bonchev–Trinajstić information content (AvgIpc) is 2.77. The van der Waals surface area contributed by atoms with Crippen LogP contribution in [-0.2, 0) is 4.79 Å². The Bertz CT molecular complexity index is 530. The lowest BCUT2D eigenvalue weighted by Gasteiger charge is -2.40. The first kappa shape index (κ1) is 14.2. The number of likely N-dealkylation sites (tertiary alicyclic amines) is 1. The van der Waals surface area contributed by atoms with Crippen LogP contribution < -0.4 is 0 Å². The highest BCUT2D eigenvalue weighted by Gasteiger charge is 2.45. The van der Waals surface area contributed by atoms with Crippen LogP contribution in [0.3, 0.4) is 0 Å². The van der Waals surface area contributed by atoms with Crippen LogP contribution in [0.4, 0.5) is 0 Å². The van der Waals surface area contributed by atoms with E-state index in [0.29, 0.717) is 36.5 Å². The van der Waals surface area contributed by atoms with Crippen molar-refractivity contribution in [2.24, 2.45) is 11.8 Å². The fourth-order valence-electron chi connectivity index (χ4n) is 3.97. The minimum absolute atomic E-state index is 0.378. The molecular formula is C16H21N3O2. The number of carbonyl (C=O) groups is 2. The number of hydrogen-bond acceptors (Lipinski definition) is 4. The number of amides is 1. The van der Waals surface area contributed by atoms with Crippen LogP contribution in [0.25, 0.3) is 0 Å². The number of ketones is 1. The summed E-state index contributed by atoms with van der Waals surface area (Å²) in [6, 6.07) is 3.87. The molecule has 1 saturated carbocycles. The van der Waals surface area contributed by atoms with Gasteiger partial charge in [0.25, 0.3) is 11.7 Å². The van der Waals surface area contributed by atoms with E-state index in [1.54, 1.807) is 23.2 Å². The minimum atomic E-state index is -0.439. The molecule has 112 valence electrons. The molecule has 21 heavy (non-hydrogen) atoms. The number of nitrogens with zero attached hydrogens (tertiary/aromatic N) is 3. The zero-order valence-electron chi connectivity index (χ0n) is 12.5. The third-order valence-corrected chi connectivity index (χ3v) is 4.79. The highest BCUT2D eigenvalue weighted by Crippen LogP contribution is 2.39. The second kappa shape index (κ2) is 5.56. The highest BCUT2D eigenvalue weighted by atomic mass is 16.2. The summed E-state index contributed by atoms with van der Waals surface area (Å²) >= 11 is 0. The number of hydrogen-bond donors (Lipinski definition) is 0. The van der Waals surface area contributed by atoms with Crippen LogP contribution in [0.15, 0.2) is 24.5 Å². The molecular weight excluding hydrogens is 266 g/mol. The molecule has 1 unspecified atom stereocenters. The van der Waals surface area contributed by atoms with Crippen LogP contribution in [0.2, 0.25) is 0 Å². The SMILES string of the molecule is CN(C)C1[C@@H]2CC[C@H]1CN(C(=O)C(=O)c1cccnc1)C2. The fourth-order valence-corrected chi connectivity index (χ4v) is 3.97. The maximum Gasteiger partial charge on any atom is 0.295 e. The molecule has 2 bridgehead atoms. The summed E-state index contributed by atoms with van der Waals surface area (Å²) in [5.41, 5.74) is 0.379. The Morgan fingerprint density at radius 1 is 1.24 bits per heavy atom. The number of pyridine rings is 1. The van der Waals surface area contributed by atoms with Gasteiger partial charge in [-0.15, -0.1) is 0 Å². The molecule has 0 spiro atoms. The third kappa shape index (κ3) is 2.58. The Hall–Kier alpha value is -1.75. The Labute approximate surface area is 124 Å². The summed E-state index contributed by atoms with van der Waals surface area (Å²) < 4.78 is 0. The van der Waals surface area contributed by atoms with Gasteiger partial charge in [-0.25, -0.2) is 0 Å². The predicted molar refractivity (Wildman–Crippen MR) is 78.8 cm³/mol. The molecule has 5 nitrogen and oxygen atoms in total. The van der Waals surface area contributed by atoms with E-state index in [1.165, 1.54) is 6.20 Å². The largest absolute Gasteiger partial charge is 0.335 e. The quantitative estimate of drug-likeness (QED) is 0.616. The molecule has 1 aromatic heterocycles. The summed E-state index contributed by atoms with van der Waals surface area (Å²) in [5, 5.41) is 0. The van der Waals surface area contributed by atoms with Gasteiger partial charge in [-0.3, -0.25) is 14.6 Å². The van der Waals surface area contributed by atoms with Crippen molar-refractivity contribution in [1.29, 1.82) is 0 Å². The second-order valence-electron chi connectivity index (χ2n) is 6.33. The molecule has 1 aliphatic carbocycles. The van der Waals surface area contributed by atoms with E-state index in [4.69, 9.17) is 0 Å². The molecule has 3 atom stereocenters. The predicted octanol–water partition coefficient (Wildman–Crippen LogP) is 1.06. The van der Waals surface area contributed by atoms with E-state index in [-0.39, 0.29) is 5.91 Å². The van der Waals surface area contributed by atoms with Gasteiger partial charge in [0.05, 0.1) is 0 Å². The third-order valence-electron chi connectivity index (χ3n) is 4.79. The van der Waals surface area contributed by atoms with Crippen LogP contribution in [0, 0.1) is 11.8 Å². The lowest BCUT2D eigenvalue weighted by molar-refractivity contribution is -0.129. The smallest absolute Gasteiger partial charge is 0.295 e. The Morgan fingerprint density at radius 3 is 2.43 bits per heavy atom. The summed E-state index contributed by atoms with van der Waals surface area (Å²) in [6.45, 7) is 1.40. The molecule has 3 rings (SSSR count). The van der Waals surface area contributed by atoms with Gasteiger partial charge >= 0.3 is 0 Å². The minimum Gasteiger partial charge on any atom is -0.335 e. The van der Waals surface area contributed by atoms with Gasteiger partial charge in [-0.05, 0) is 50.9 Å². The Kier molecular flexibility index (Phi) is 3.76. The van der Waals surface area contributed by atoms with Crippen molar-refractivity contribution in [2.75, 3.05) is 27.2 Å². The van der Waals surface area contributed by atoms with Crippen LogP contribution in [0.5, 0.6) is 0 Å². The van der Waals surface area contributed by atoms with E-state index < -0.39 is 5.78 Å². The second-order valence-corrected chi connectivity index (χ2v) is 6.33. The molecule has 1 aromatic rings. The summed E-state index contributed by atoms with van der Waals surface area (Å²) in [4.78, 5) is 32.6. The maximum absolute atomic E-state index is 12.4. The lowest BCUT2D eigenvalue weighted by atomic mass is 9.91. The molecule has 0 N–H and O–H groups in total. The van der Waals surface area contributed by atoms with Crippen LogP contribution >= 0.6 is 0 Å². The van der Waals surface area contributed by atoms with Crippen molar-refractivity contribution in [2.45, 2.75) is 18.9 Å². The molecule has 5 heteroatoms. The molecule has 0 radical (unpaired) electrons. The van der Waals surface area contributed by atoms with Gasteiger partial charge in [-0.1, -0.05) is 0 Å². The molecule has 0 aromatic carbocycles. The van der Waals surface area contributed by atoms with Crippen LogP contribution in [0.1, 0.15) is 23.2 Å². The Morgan fingerprint density at radius 2 is 1.90 bits per heavy atom. The molecule has 1 saturated heterocycles. The summed E-state index contributed by atoms with van der Waals surface area (Å²) in [5.74, 6) is 0.164. The first-order valence-corrected chi connectivity index (χ1v) is 7.48. The van der Waals surface area contributed by atoms with Crippen molar-refractivity contribution in [3.05, 3.63) is 30.1 Å². The van der Waals surface area contributed by atoms with E-state index in [2.05, 4.69) is 24.0 Å². The highest BCUT2D eigenvalue weighted by molar-refractivity contribution is 6.42. The van der Waals surface area contributed by atoms with Gasteiger partial charge < -0.3 is 9.80 Å². The normalized spacial score (nSPS) is 28.0. The number of carbonyl (C=O) groups excluding carboxylic acids is 2. The number of fused-ring (bicyclic) bond motifs is 2. The van der Waals surface area contributed by atoms with Gasteiger partial charge in [0.1, 0.15) is 0 Å². The van der Waals surface area contributed by atoms with Crippen molar-refractivity contribution < 1.29 is 9.59 Å². The van der Waals surface area contributed by atoms with E-state index in [9.17, 15) is 9.59 Å². The maximum atomic E-state index is 12.4. The van der Waals surface area contributed by atoms with Gasteiger partial charge in [-0.2, -0.15) is 0 Å². The summed E-state index contributed by atoms with van der Waals surface area (Å²) in [7, 11) is 4.21. The van der Waals surface area contributed by atoms with Crippen molar-refractivity contribution >= 4 is 11.7 Å². The molecule has 1 amide bonds. The number of piperidine rings is 1. The Balaban J connectivity index is 1.72. The number of Topliss-reactive ketones (excluding diaryl/α,β-unsaturated/α-hetero) is 1. The van der Waals surface area contributed by atoms with Gasteiger partial charge in [0, 0.05) is 37.1 Å². The molecule has 2 aliphatic rings. The first-order valence-electron chi connectivity index (χ1n) is 7.48. The molecule has 1 aliphatic heterocycles. The average molecular weight is 287 g/mol. The molecule has 2 fully saturated rings. The summed E-state index contributed by atoms with van der Waals surface area (Å²) in [6.07, 6.45) is 5.36. The van der Waals surface area contributed by atoms with Crippen molar-refractivity contribution in [3.8, 4) is 0 Å². The zero-order chi connectivity index (χ0) is 15.0.